The third kappa shape index (κ3) is 2.66. The van der Waals surface area contributed by atoms with Crippen LogP contribution in [0.5, 0.6) is 5.75 Å². The average Bonchev–Trinajstić information content (AvgIpc) is 2.98. The number of aryl methyl sites for hydroxylation is 1. The summed E-state index contributed by atoms with van der Waals surface area (Å²) >= 11 is 1.45. The van der Waals surface area contributed by atoms with Crippen LogP contribution in [0.2, 0.25) is 0 Å². The fourth-order valence-electron chi connectivity index (χ4n) is 2.81. The highest BCUT2D eigenvalue weighted by atomic mass is 32.2. The van der Waals surface area contributed by atoms with Crippen molar-refractivity contribution in [2.45, 2.75) is 24.0 Å². The summed E-state index contributed by atoms with van der Waals surface area (Å²) in [5.74, 6) is 1.46. The van der Waals surface area contributed by atoms with Crippen LogP contribution in [0.25, 0.3) is 0 Å². The van der Waals surface area contributed by atoms with E-state index in [9.17, 15) is 4.79 Å². The van der Waals surface area contributed by atoms with E-state index >= 15 is 0 Å². The molecule has 1 atom stereocenters. The van der Waals surface area contributed by atoms with E-state index in [1.165, 1.54) is 17.3 Å². The van der Waals surface area contributed by atoms with Crippen LogP contribution in [0.15, 0.2) is 29.6 Å². The number of thioether (sulfide) groups is 1. The summed E-state index contributed by atoms with van der Waals surface area (Å²) in [6.45, 7) is 0. The fraction of sp³-hybridized carbons (Fsp3) is 0.312. The number of anilines is 1. The number of methoxy groups -OCH3 is 1. The normalized spacial score (nSPS) is 16.2. The Kier molecular flexibility index (Phi) is 4.29. The molecule has 1 aliphatic carbocycles. The Morgan fingerprint density at radius 3 is 3.05 bits per heavy atom. The molecule has 1 aromatic carbocycles. The number of nitrogens with zero attached hydrogens (tertiary/aromatic N) is 2. The molecule has 1 aromatic heterocycles. The number of rotatable bonds is 5. The largest absolute Gasteiger partial charge is 0.496 e. The molecule has 114 valence electrons. The van der Waals surface area contributed by atoms with E-state index < -0.39 is 0 Å². The van der Waals surface area contributed by atoms with Crippen LogP contribution in [0.4, 0.5) is 5.82 Å². The number of ether oxygens (including phenoxy) is 1. The van der Waals surface area contributed by atoms with Gasteiger partial charge >= 0.3 is 0 Å². The summed E-state index contributed by atoms with van der Waals surface area (Å²) in [6.07, 6.45) is 6.19. The molecule has 0 fully saturated rings. The van der Waals surface area contributed by atoms with Crippen LogP contribution in [0.1, 0.15) is 33.9 Å². The highest BCUT2D eigenvalue weighted by Crippen LogP contribution is 2.39. The Bertz CT molecular complexity index is 706. The maximum Gasteiger partial charge on any atom is 0.189 e. The summed E-state index contributed by atoms with van der Waals surface area (Å²) in [4.78, 5) is 19.8. The molecule has 0 saturated heterocycles. The molecule has 1 aliphatic rings. The lowest BCUT2D eigenvalue weighted by atomic mass is 10.1. The summed E-state index contributed by atoms with van der Waals surface area (Å²) in [5, 5.41) is 4.04. The van der Waals surface area contributed by atoms with Gasteiger partial charge < -0.3 is 10.1 Å². The summed E-state index contributed by atoms with van der Waals surface area (Å²) in [6, 6.07) is 6.18. The van der Waals surface area contributed by atoms with Gasteiger partial charge in [-0.2, -0.15) is 0 Å². The smallest absolute Gasteiger partial charge is 0.189 e. The maximum absolute atomic E-state index is 11.2. The number of fused-ring (bicyclic) bond motifs is 1. The molecule has 0 aliphatic heterocycles. The molecular weight excluding hydrogens is 298 g/mol. The standard InChI is InChI=1S/C16H17N3O2S/c1-21-13-5-3-4-10-6-7-12(14(10)13)18-15-11(9-20)8-17-16(19-15)22-2/h3-5,8-9,12H,6-7H2,1-2H3,(H,17,18,19). The molecular formula is C16H17N3O2S. The number of benzene rings is 1. The Morgan fingerprint density at radius 2 is 2.32 bits per heavy atom. The zero-order valence-electron chi connectivity index (χ0n) is 12.5. The topological polar surface area (TPSA) is 64.1 Å². The lowest BCUT2D eigenvalue weighted by Crippen LogP contribution is -2.12. The van der Waals surface area contributed by atoms with Crippen molar-refractivity contribution in [3.8, 4) is 5.75 Å². The average molecular weight is 315 g/mol. The predicted octanol–water partition coefficient (Wildman–Crippen LogP) is 3.12. The summed E-state index contributed by atoms with van der Waals surface area (Å²) in [7, 11) is 1.68. The first kappa shape index (κ1) is 14.8. The Labute approximate surface area is 133 Å². The van der Waals surface area contributed by atoms with Crippen molar-refractivity contribution in [2.24, 2.45) is 0 Å². The second-order valence-electron chi connectivity index (χ2n) is 5.05. The van der Waals surface area contributed by atoms with Crippen LogP contribution in [0.3, 0.4) is 0 Å². The molecule has 1 N–H and O–H groups in total. The van der Waals surface area contributed by atoms with E-state index in [-0.39, 0.29) is 6.04 Å². The molecule has 0 radical (unpaired) electrons. The zero-order valence-corrected chi connectivity index (χ0v) is 13.3. The minimum absolute atomic E-state index is 0.0921. The molecule has 0 spiro atoms. The van der Waals surface area contributed by atoms with Crippen molar-refractivity contribution in [1.29, 1.82) is 0 Å². The number of hydrogen-bond acceptors (Lipinski definition) is 6. The molecule has 3 rings (SSSR count). The van der Waals surface area contributed by atoms with Crippen LogP contribution in [-0.2, 0) is 6.42 Å². The molecule has 2 aromatic rings. The molecule has 6 heteroatoms. The lowest BCUT2D eigenvalue weighted by molar-refractivity contribution is 0.112. The van der Waals surface area contributed by atoms with E-state index in [0.717, 1.165) is 30.4 Å². The van der Waals surface area contributed by atoms with Crippen molar-refractivity contribution in [2.75, 3.05) is 18.7 Å². The van der Waals surface area contributed by atoms with Gasteiger partial charge in [0.25, 0.3) is 0 Å². The van der Waals surface area contributed by atoms with Crippen molar-refractivity contribution in [3.05, 3.63) is 41.1 Å². The second-order valence-corrected chi connectivity index (χ2v) is 5.82. The quantitative estimate of drug-likeness (QED) is 0.519. The molecule has 0 amide bonds. The first-order chi connectivity index (χ1) is 10.8. The minimum Gasteiger partial charge on any atom is -0.496 e. The van der Waals surface area contributed by atoms with Crippen molar-refractivity contribution in [3.63, 3.8) is 0 Å². The van der Waals surface area contributed by atoms with Crippen molar-refractivity contribution in [1.82, 2.24) is 9.97 Å². The molecule has 22 heavy (non-hydrogen) atoms. The van der Waals surface area contributed by atoms with Gasteiger partial charge in [0.1, 0.15) is 11.6 Å². The summed E-state index contributed by atoms with van der Waals surface area (Å²) in [5.41, 5.74) is 2.91. The number of hydrogen-bond donors (Lipinski definition) is 1. The lowest BCUT2D eigenvalue weighted by Gasteiger charge is -2.18. The highest BCUT2D eigenvalue weighted by molar-refractivity contribution is 7.98. The fourth-order valence-corrected chi connectivity index (χ4v) is 3.15. The van der Waals surface area contributed by atoms with Crippen molar-refractivity contribution < 1.29 is 9.53 Å². The zero-order chi connectivity index (χ0) is 15.5. The Morgan fingerprint density at radius 1 is 1.45 bits per heavy atom. The predicted molar refractivity (Wildman–Crippen MR) is 86.9 cm³/mol. The van der Waals surface area contributed by atoms with Gasteiger partial charge in [-0.15, -0.1) is 0 Å². The maximum atomic E-state index is 11.2. The van der Waals surface area contributed by atoms with Crippen LogP contribution >= 0.6 is 11.8 Å². The third-order valence-electron chi connectivity index (χ3n) is 3.84. The van der Waals surface area contributed by atoms with E-state index in [4.69, 9.17) is 4.74 Å². The number of carbonyl (C=O) groups is 1. The van der Waals surface area contributed by atoms with Gasteiger partial charge in [0.15, 0.2) is 11.4 Å². The van der Waals surface area contributed by atoms with Gasteiger partial charge in [-0.1, -0.05) is 23.9 Å². The number of nitrogens with one attached hydrogen (secondary N) is 1. The second kappa shape index (κ2) is 6.36. The van der Waals surface area contributed by atoms with Gasteiger partial charge in [0.2, 0.25) is 0 Å². The summed E-state index contributed by atoms with van der Waals surface area (Å²) < 4.78 is 5.48. The van der Waals surface area contributed by atoms with E-state index in [1.54, 1.807) is 13.3 Å². The molecule has 0 saturated carbocycles. The monoisotopic (exact) mass is 315 g/mol. The molecule has 1 unspecified atom stereocenters. The van der Waals surface area contributed by atoms with Crippen molar-refractivity contribution >= 4 is 23.9 Å². The Balaban J connectivity index is 1.95. The highest BCUT2D eigenvalue weighted by Gasteiger charge is 2.27. The van der Waals surface area contributed by atoms with Gasteiger partial charge in [-0.05, 0) is 30.7 Å². The number of aromatic nitrogens is 2. The molecule has 0 bridgehead atoms. The van der Waals surface area contributed by atoms with E-state index in [2.05, 4.69) is 21.4 Å². The van der Waals surface area contributed by atoms with Gasteiger partial charge in [0, 0.05) is 11.8 Å². The SMILES string of the molecule is COc1cccc2c1C(Nc1nc(SC)ncc1C=O)CC2. The minimum atomic E-state index is 0.0921. The van der Waals surface area contributed by atoms with Gasteiger partial charge in [0.05, 0.1) is 18.7 Å². The van der Waals surface area contributed by atoms with E-state index in [0.29, 0.717) is 16.5 Å². The van der Waals surface area contributed by atoms with Crippen LogP contribution in [-0.4, -0.2) is 29.6 Å². The third-order valence-corrected chi connectivity index (χ3v) is 4.40. The van der Waals surface area contributed by atoms with E-state index in [1.807, 2.05) is 18.4 Å². The first-order valence-electron chi connectivity index (χ1n) is 7.05. The molecule has 1 heterocycles. The molecule has 5 nitrogen and oxygen atoms in total. The Hall–Kier alpha value is -2.08. The van der Waals surface area contributed by atoms with Gasteiger partial charge in [-0.25, -0.2) is 9.97 Å². The van der Waals surface area contributed by atoms with Crippen LogP contribution in [0, 0.1) is 0 Å². The number of aldehydes is 1. The van der Waals surface area contributed by atoms with Crippen LogP contribution < -0.4 is 10.1 Å². The van der Waals surface area contributed by atoms with Gasteiger partial charge in [-0.3, -0.25) is 4.79 Å². The number of carbonyl (C=O) groups excluding carboxylic acids is 1. The first-order valence-corrected chi connectivity index (χ1v) is 8.27.